The summed E-state index contributed by atoms with van der Waals surface area (Å²) in [6.45, 7) is 12.2. The first kappa shape index (κ1) is 26.4. The average Bonchev–Trinajstić information content (AvgIpc) is 3.23. The van der Waals surface area contributed by atoms with E-state index in [1.165, 1.54) is 0 Å². The number of nitriles is 1. The number of nitrogens with zero attached hydrogens (tertiary/aromatic N) is 1. The van der Waals surface area contributed by atoms with Crippen molar-refractivity contribution in [3.63, 3.8) is 0 Å². The van der Waals surface area contributed by atoms with E-state index < -0.39 is 5.97 Å². The first-order valence-electron chi connectivity index (χ1n) is 10.4. The van der Waals surface area contributed by atoms with Crippen LogP contribution in [0.25, 0.3) is 16.5 Å². The Balaban J connectivity index is 0.00000121. The van der Waals surface area contributed by atoms with Crippen molar-refractivity contribution in [1.29, 1.82) is 5.26 Å². The summed E-state index contributed by atoms with van der Waals surface area (Å²) in [6.07, 6.45) is 0.633. The molecule has 3 rings (SSSR count). The van der Waals surface area contributed by atoms with Gasteiger partial charge in [-0.2, -0.15) is 5.26 Å². The van der Waals surface area contributed by atoms with Gasteiger partial charge in [-0.25, -0.2) is 0 Å². The van der Waals surface area contributed by atoms with Crippen molar-refractivity contribution in [2.45, 2.75) is 47.1 Å². The van der Waals surface area contributed by atoms with Crippen molar-refractivity contribution in [3.8, 4) is 11.8 Å². The minimum absolute atomic E-state index is 0.168. The van der Waals surface area contributed by atoms with Crippen molar-refractivity contribution in [2.24, 2.45) is 0 Å². The van der Waals surface area contributed by atoms with Crippen LogP contribution in [-0.2, 0) is 24.2 Å². The van der Waals surface area contributed by atoms with Crippen LogP contribution in [0.4, 0.5) is 4.39 Å². The standard InChI is InChI=1S/C23H21NO4.C2H6.CH3F/c1-4-19-10-18-7-16(8-20(14(2)3)23(18)28-19)13-27-21-9-15(12-24)5-6-17(21)11-22(25)26;2*1-2/h5-10H,2,4,11,13H2,1,3H3,(H,25,26);1-2H3;1H3. The van der Waals surface area contributed by atoms with E-state index in [1.54, 1.807) is 18.2 Å². The number of aliphatic carboxylic acids is 1. The number of benzene rings is 2. The Morgan fingerprint density at radius 3 is 2.47 bits per heavy atom. The number of ether oxygens (including phenoxy) is 1. The fourth-order valence-corrected chi connectivity index (χ4v) is 3.07. The smallest absolute Gasteiger partial charge is 0.307 e. The topological polar surface area (TPSA) is 83.5 Å². The number of furan rings is 1. The Bertz CT molecular complexity index is 1110. The van der Waals surface area contributed by atoms with Gasteiger partial charge in [0.25, 0.3) is 0 Å². The lowest BCUT2D eigenvalue weighted by atomic mass is 10.0. The van der Waals surface area contributed by atoms with Gasteiger partial charge in [0, 0.05) is 22.9 Å². The molecule has 0 atom stereocenters. The predicted molar refractivity (Wildman–Crippen MR) is 126 cm³/mol. The van der Waals surface area contributed by atoms with Crippen LogP contribution in [0.3, 0.4) is 0 Å². The number of rotatable bonds is 7. The van der Waals surface area contributed by atoms with E-state index in [-0.39, 0.29) is 13.0 Å². The van der Waals surface area contributed by atoms with Crippen molar-refractivity contribution < 1.29 is 23.4 Å². The number of alkyl halides is 1. The molecular weight excluding hydrogens is 409 g/mol. The van der Waals surface area contributed by atoms with E-state index in [9.17, 15) is 9.18 Å². The second-order valence-corrected chi connectivity index (χ2v) is 6.70. The summed E-state index contributed by atoms with van der Waals surface area (Å²) in [5, 5.41) is 19.2. The zero-order valence-electron chi connectivity index (χ0n) is 19.3. The number of fused-ring (bicyclic) bond motifs is 1. The summed E-state index contributed by atoms with van der Waals surface area (Å²) in [7, 11) is 0.500. The molecule has 0 amide bonds. The highest BCUT2D eigenvalue weighted by Gasteiger charge is 2.13. The van der Waals surface area contributed by atoms with Gasteiger partial charge in [0.1, 0.15) is 23.7 Å². The molecule has 0 unspecified atom stereocenters. The Kier molecular flexibility index (Phi) is 10.7. The van der Waals surface area contributed by atoms with E-state index in [0.717, 1.165) is 39.9 Å². The summed E-state index contributed by atoms with van der Waals surface area (Å²) in [6, 6.07) is 12.8. The second-order valence-electron chi connectivity index (χ2n) is 6.70. The molecule has 170 valence electrons. The maximum Gasteiger partial charge on any atom is 0.307 e. The molecule has 0 spiro atoms. The highest BCUT2D eigenvalue weighted by Crippen LogP contribution is 2.30. The first-order chi connectivity index (χ1) is 15.4. The summed E-state index contributed by atoms with van der Waals surface area (Å²) >= 11 is 0. The molecule has 0 aliphatic rings. The summed E-state index contributed by atoms with van der Waals surface area (Å²) in [5.74, 6) is 0.354. The first-order valence-corrected chi connectivity index (χ1v) is 10.4. The summed E-state index contributed by atoms with van der Waals surface area (Å²) < 4.78 is 21.3. The Hall–Kier alpha value is -3.59. The van der Waals surface area contributed by atoms with E-state index >= 15 is 0 Å². The van der Waals surface area contributed by atoms with Gasteiger partial charge in [0.2, 0.25) is 0 Å². The maximum absolute atomic E-state index is 11.1. The van der Waals surface area contributed by atoms with E-state index in [2.05, 4.69) is 12.6 Å². The van der Waals surface area contributed by atoms with Crippen LogP contribution in [0.5, 0.6) is 5.75 Å². The molecular formula is C26H30FNO4. The molecule has 0 aliphatic carbocycles. The second kappa shape index (κ2) is 13.0. The van der Waals surface area contributed by atoms with Gasteiger partial charge in [-0.1, -0.05) is 33.4 Å². The molecule has 5 nitrogen and oxygen atoms in total. The van der Waals surface area contributed by atoms with Gasteiger partial charge in [-0.15, -0.1) is 0 Å². The summed E-state index contributed by atoms with van der Waals surface area (Å²) in [5.41, 5.74) is 4.49. The largest absolute Gasteiger partial charge is 0.489 e. The third kappa shape index (κ3) is 6.71. The molecule has 1 aromatic heterocycles. The van der Waals surface area contributed by atoms with E-state index in [4.69, 9.17) is 19.5 Å². The molecule has 6 heteroatoms. The maximum atomic E-state index is 11.1. The number of carbonyl (C=O) groups is 1. The number of hydrogen-bond acceptors (Lipinski definition) is 4. The minimum Gasteiger partial charge on any atom is -0.489 e. The highest BCUT2D eigenvalue weighted by atomic mass is 19.1. The number of allylic oxidation sites excluding steroid dienone is 1. The van der Waals surface area contributed by atoms with Crippen LogP contribution in [0.1, 0.15) is 55.7 Å². The van der Waals surface area contributed by atoms with Crippen LogP contribution < -0.4 is 4.74 Å². The lowest BCUT2D eigenvalue weighted by Gasteiger charge is -2.12. The number of carboxylic acids is 1. The molecule has 0 saturated carbocycles. The average molecular weight is 440 g/mol. The molecule has 0 aliphatic heterocycles. The van der Waals surface area contributed by atoms with Crippen LogP contribution in [0.15, 0.2) is 47.4 Å². The minimum atomic E-state index is -0.953. The van der Waals surface area contributed by atoms with Gasteiger partial charge in [-0.3, -0.25) is 9.18 Å². The van der Waals surface area contributed by atoms with Crippen LogP contribution in [-0.4, -0.2) is 18.3 Å². The zero-order chi connectivity index (χ0) is 24.3. The van der Waals surface area contributed by atoms with Crippen LogP contribution in [0, 0.1) is 11.3 Å². The molecule has 0 radical (unpaired) electrons. The molecule has 0 fully saturated rings. The molecule has 0 bridgehead atoms. The third-order valence-electron chi connectivity index (χ3n) is 4.47. The SMILES string of the molecule is C=C(C)c1cc(COc2cc(C#N)ccc2CC(=O)O)cc2cc(CC)oc12.CC.CF. The van der Waals surface area contributed by atoms with Crippen molar-refractivity contribution in [1.82, 2.24) is 0 Å². The number of carboxylic acid groups (broad SMARTS) is 1. The number of hydrogen-bond donors (Lipinski definition) is 1. The van der Waals surface area contributed by atoms with Gasteiger partial charge < -0.3 is 14.3 Å². The van der Waals surface area contributed by atoms with E-state index in [0.29, 0.717) is 24.1 Å². The fraction of sp³-hybridized carbons (Fsp3) is 0.308. The van der Waals surface area contributed by atoms with Gasteiger partial charge in [0.15, 0.2) is 0 Å². The van der Waals surface area contributed by atoms with Crippen molar-refractivity contribution in [2.75, 3.05) is 7.18 Å². The molecule has 0 saturated heterocycles. The lowest BCUT2D eigenvalue weighted by molar-refractivity contribution is -0.136. The molecule has 1 N–H and O–H groups in total. The van der Waals surface area contributed by atoms with Crippen molar-refractivity contribution >= 4 is 22.5 Å². The van der Waals surface area contributed by atoms with Crippen LogP contribution in [0.2, 0.25) is 0 Å². The normalized spacial score (nSPS) is 9.66. The quantitative estimate of drug-likeness (QED) is 0.442. The molecule has 2 aromatic carbocycles. The fourth-order valence-electron chi connectivity index (χ4n) is 3.07. The van der Waals surface area contributed by atoms with Gasteiger partial charge in [0.05, 0.1) is 25.2 Å². The Morgan fingerprint density at radius 1 is 1.22 bits per heavy atom. The molecule has 3 aromatic rings. The van der Waals surface area contributed by atoms with Gasteiger partial charge >= 0.3 is 5.97 Å². The Morgan fingerprint density at radius 2 is 1.91 bits per heavy atom. The third-order valence-corrected chi connectivity index (χ3v) is 4.47. The Labute approximate surface area is 188 Å². The lowest BCUT2D eigenvalue weighted by Crippen LogP contribution is -2.05. The van der Waals surface area contributed by atoms with Crippen molar-refractivity contribution in [3.05, 3.63) is 71.0 Å². The zero-order valence-corrected chi connectivity index (χ0v) is 19.3. The monoisotopic (exact) mass is 439 g/mol. The van der Waals surface area contributed by atoms with Gasteiger partial charge in [-0.05, 0) is 48.4 Å². The summed E-state index contributed by atoms with van der Waals surface area (Å²) in [4.78, 5) is 11.1. The molecule has 1 heterocycles. The van der Waals surface area contributed by atoms with E-state index in [1.807, 2.05) is 45.9 Å². The molecule has 32 heavy (non-hydrogen) atoms. The predicted octanol–water partition coefficient (Wildman–Crippen LogP) is 6.72. The number of aryl methyl sites for hydroxylation is 1. The number of halogens is 1. The highest BCUT2D eigenvalue weighted by molar-refractivity contribution is 5.90. The van der Waals surface area contributed by atoms with Crippen LogP contribution >= 0.6 is 0 Å².